The Hall–Kier alpha value is -1.57. The summed E-state index contributed by atoms with van der Waals surface area (Å²) >= 11 is 0. The van der Waals surface area contributed by atoms with Gasteiger partial charge >= 0.3 is 5.97 Å². The van der Waals surface area contributed by atoms with Crippen molar-refractivity contribution >= 4 is 11.5 Å². The Kier molecular flexibility index (Phi) is 3.40. The van der Waals surface area contributed by atoms with Gasteiger partial charge in [-0.3, -0.25) is 4.79 Å². The summed E-state index contributed by atoms with van der Waals surface area (Å²) in [5.41, 5.74) is 2.48. The minimum absolute atomic E-state index is 0.0326. The van der Waals surface area contributed by atoms with Crippen LogP contribution in [0.3, 0.4) is 0 Å². The molecule has 2 heteroatoms. The number of methoxy groups -OCH3 is 1. The Morgan fingerprint density at radius 2 is 2.06 bits per heavy atom. The van der Waals surface area contributed by atoms with Crippen LogP contribution in [0.4, 0.5) is 0 Å². The molecule has 84 valence electrons. The SMILES string of the molecule is COC(=O)C1CCC=C(c2ccccc2)C1. The maximum absolute atomic E-state index is 11.5. The summed E-state index contributed by atoms with van der Waals surface area (Å²) in [5, 5.41) is 0. The van der Waals surface area contributed by atoms with Gasteiger partial charge in [-0.2, -0.15) is 0 Å². The van der Waals surface area contributed by atoms with E-state index >= 15 is 0 Å². The van der Waals surface area contributed by atoms with Crippen LogP contribution < -0.4 is 0 Å². The minimum Gasteiger partial charge on any atom is -0.469 e. The number of carbonyl (C=O) groups excluding carboxylic acids is 1. The van der Waals surface area contributed by atoms with E-state index in [1.807, 2.05) is 18.2 Å². The van der Waals surface area contributed by atoms with E-state index < -0.39 is 0 Å². The second-order valence-electron chi connectivity index (χ2n) is 4.10. The molecule has 1 aliphatic rings. The summed E-state index contributed by atoms with van der Waals surface area (Å²) in [6.07, 6.45) is 4.90. The minimum atomic E-state index is -0.0819. The van der Waals surface area contributed by atoms with Gasteiger partial charge in [-0.05, 0) is 30.4 Å². The van der Waals surface area contributed by atoms with Crippen LogP contribution in [0.1, 0.15) is 24.8 Å². The molecule has 1 atom stereocenters. The molecule has 0 aromatic heterocycles. The third-order valence-electron chi connectivity index (χ3n) is 3.05. The van der Waals surface area contributed by atoms with E-state index in [2.05, 4.69) is 18.2 Å². The second kappa shape index (κ2) is 4.97. The molecule has 2 rings (SSSR count). The maximum atomic E-state index is 11.5. The van der Waals surface area contributed by atoms with Crippen molar-refractivity contribution in [3.63, 3.8) is 0 Å². The first-order chi connectivity index (χ1) is 7.81. The van der Waals surface area contributed by atoms with E-state index in [0.29, 0.717) is 0 Å². The summed E-state index contributed by atoms with van der Waals surface area (Å²) in [6, 6.07) is 10.2. The average Bonchev–Trinajstić information content (AvgIpc) is 2.39. The zero-order valence-electron chi connectivity index (χ0n) is 9.48. The van der Waals surface area contributed by atoms with Gasteiger partial charge in [-0.1, -0.05) is 36.4 Å². The van der Waals surface area contributed by atoms with Crippen molar-refractivity contribution in [3.8, 4) is 0 Å². The third-order valence-corrected chi connectivity index (χ3v) is 3.05. The van der Waals surface area contributed by atoms with Gasteiger partial charge in [0.05, 0.1) is 13.0 Å². The molecule has 0 radical (unpaired) electrons. The van der Waals surface area contributed by atoms with E-state index in [-0.39, 0.29) is 11.9 Å². The molecule has 1 aliphatic carbocycles. The number of ether oxygens (including phenoxy) is 1. The molecule has 0 N–H and O–H groups in total. The third kappa shape index (κ3) is 2.32. The summed E-state index contributed by atoms with van der Waals surface area (Å²) in [4.78, 5) is 11.5. The lowest BCUT2D eigenvalue weighted by molar-refractivity contribution is -0.145. The number of benzene rings is 1. The molecule has 0 bridgehead atoms. The van der Waals surface area contributed by atoms with Crippen molar-refractivity contribution < 1.29 is 9.53 Å². The fraction of sp³-hybridized carbons (Fsp3) is 0.357. The largest absolute Gasteiger partial charge is 0.469 e. The van der Waals surface area contributed by atoms with E-state index in [4.69, 9.17) is 4.74 Å². The van der Waals surface area contributed by atoms with Crippen molar-refractivity contribution in [3.05, 3.63) is 42.0 Å². The first-order valence-corrected chi connectivity index (χ1v) is 5.63. The lowest BCUT2D eigenvalue weighted by atomic mass is 9.86. The van der Waals surface area contributed by atoms with Gasteiger partial charge < -0.3 is 4.74 Å². The number of hydrogen-bond acceptors (Lipinski definition) is 2. The summed E-state index contributed by atoms with van der Waals surface area (Å²) < 4.78 is 4.81. The van der Waals surface area contributed by atoms with Gasteiger partial charge in [0.15, 0.2) is 0 Å². The summed E-state index contributed by atoms with van der Waals surface area (Å²) in [6.45, 7) is 0. The monoisotopic (exact) mass is 216 g/mol. The van der Waals surface area contributed by atoms with Crippen LogP contribution in [0.15, 0.2) is 36.4 Å². The number of rotatable bonds is 2. The van der Waals surface area contributed by atoms with Gasteiger partial charge in [0.25, 0.3) is 0 Å². The Morgan fingerprint density at radius 3 is 2.75 bits per heavy atom. The predicted octanol–water partition coefficient (Wildman–Crippen LogP) is 3.04. The lowest BCUT2D eigenvalue weighted by Gasteiger charge is -2.20. The van der Waals surface area contributed by atoms with Gasteiger partial charge in [0, 0.05) is 0 Å². The standard InChI is InChI=1S/C14H16O2/c1-16-14(15)13-9-5-8-12(10-13)11-6-3-2-4-7-11/h2-4,6-8,13H,5,9-10H2,1H3. The van der Waals surface area contributed by atoms with E-state index in [1.165, 1.54) is 18.2 Å². The topological polar surface area (TPSA) is 26.3 Å². The van der Waals surface area contributed by atoms with E-state index in [0.717, 1.165) is 19.3 Å². The summed E-state index contributed by atoms with van der Waals surface area (Å²) in [7, 11) is 1.46. The van der Waals surface area contributed by atoms with Crippen molar-refractivity contribution in [1.29, 1.82) is 0 Å². The van der Waals surface area contributed by atoms with Crippen molar-refractivity contribution in [1.82, 2.24) is 0 Å². The normalized spacial score (nSPS) is 20.1. The first kappa shape index (κ1) is 10.9. The zero-order valence-corrected chi connectivity index (χ0v) is 9.48. The summed E-state index contributed by atoms with van der Waals surface area (Å²) in [5.74, 6) is -0.0493. The predicted molar refractivity (Wildman–Crippen MR) is 63.8 cm³/mol. The van der Waals surface area contributed by atoms with Crippen LogP contribution >= 0.6 is 0 Å². The fourth-order valence-corrected chi connectivity index (χ4v) is 2.17. The molecule has 0 saturated heterocycles. The van der Waals surface area contributed by atoms with Crippen molar-refractivity contribution in [2.75, 3.05) is 7.11 Å². The molecule has 1 aromatic rings. The molecule has 1 unspecified atom stereocenters. The molecule has 0 aliphatic heterocycles. The molecule has 1 aromatic carbocycles. The fourth-order valence-electron chi connectivity index (χ4n) is 2.17. The maximum Gasteiger partial charge on any atom is 0.309 e. The molecule has 0 fully saturated rings. The first-order valence-electron chi connectivity index (χ1n) is 5.63. The lowest BCUT2D eigenvalue weighted by Crippen LogP contribution is -2.18. The smallest absolute Gasteiger partial charge is 0.309 e. The number of allylic oxidation sites excluding steroid dienone is 2. The van der Waals surface area contributed by atoms with Crippen LogP contribution in [-0.4, -0.2) is 13.1 Å². The van der Waals surface area contributed by atoms with Gasteiger partial charge in [-0.15, -0.1) is 0 Å². The highest BCUT2D eigenvalue weighted by atomic mass is 16.5. The Labute approximate surface area is 95.9 Å². The van der Waals surface area contributed by atoms with E-state index in [1.54, 1.807) is 0 Å². The van der Waals surface area contributed by atoms with Gasteiger partial charge in [0.2, 0.25) is 0 Å². The number of esters is 1. The van der Waals surface area contributed by atoms with Crippen molar-refractivity contribution in [2.45, 2.75) is 19.3 Å². The average molecular weight is 216 g/mol. The highest BCUT2D eigenvalue weighted by Gasteiger charge is 2.23. The van der Waals surface area contributed by atoms with Gasteiger partial charge in [0.1, 0.15) is 0 Å². The second-order valence-corrected chi connectivity index (χ2v) is 4.10. The Bertz CT molecular complexity index is 392. The molecule has 2 nitrogen and oxygen atoms in total. The van der Waals surface area contributed by atoms with E-state index in [9.17, 15) is 4.79 Å². The molecule has 0 amide bonds. The molecular formula is C14H16O2. The van der Waals surface area contributed by atoms with Crippen LogP contribution in [0.25, 0.3) is 5.57 Å². The Morgan fingerprint density at radius 1 is 1.31 bits per heavy atom. The highest BCUT2D eigenvalue weighted by Crippen LogP contribution is 2.31. The molecule has 0 saturated carbocycles. The molecule has 16 heavy (non-hydrogen) atoms. The zero-order chi connectivity index (χ0) is 11.4. The van der Waals surface area contributed by atoms with Crippen LogP contribution in [0.5, 0.6) is 0 Å². The highest BCUT2D eigenvalue weighted by molar-refractivity contribution is 5.77. The molecular weight excluding hydrogens is 200 g/mol. The molecule has 0 heterocycles. The molecule has 0 spiro atoms. The quantitative estimate of drug-likeness (QED) is 0.710. The Balaban J connectivity index is 2.13. The van der Waals surface area contributed by atoms with Crippen LogP contribution in [0, 0.1) is 5.92 Å². The number of carbonyl (C=O) groups is 1. The van der Waals surface area contributed by atoms with Crippen LogP contribution in [0.2, 0.25) is 0 Å². The van der Waals surface area contributed by atoms with Crippen molar-refractivity contribution in [2.24, 2.45) is 5.92 Å². The van der Waals surface area contributed by atoms with Crippen LogP contribution in [-0.2, 0) is 9.53 Å². The number of hydrogen-bond donors (Lipinski definition) is 0. The van der Waals surface area contributed by atoms with Gasteiger partial charge in [-0.25, -0.2) is 0 Å².